The SMILES string of the molecule is O=C(Nc1ccc(N2CCOCC2)cc1)C(=Cc1ccc(Oc2ccccc2Br)cc1)NC(=O)c1ccccc1. The molecule has 0 bridgehead atoms. The van der Waals surface area contributed by atoms with Crippen LogP contribution < -0.4 is 20.3 Å². The fraction of sp³-hybridized carbons (Fsp3) is 0.125. The first-order chi connectivity index (χ1) is 19.5. The van der Waals surface area contributed by atoms with Gasteiger partial charge in [-0.2, -0.15) is 0 Å². The first-order valence-electron chi connectivity index (χ1n) is 12.9. The van der Waals surface area contributed by atoms with E-state index in [0.717, 1.165) is 28.8 Å². The number of carbonyl (C=O) groups is 2. The fourth-order valence-electron chi connectivity index (χ4n) is 4.17. The number of hydrogen-bond donors (Lipinski definition) is 2. The minimum Gasteiger partial charge on any atom is -0.456 e. The number of benzene rings is 4. The Morgan fingerprint density at radius 1 is 0.825 bits per heavy atom. The molecule has 1 heterocycles. The Hall–Kier alpha value is -4.40. The number of para-hydroxylation sites is 1. The number of nitrogens with zero attached hydrogens (tertiary/aromatic N) is 1. The molecule has 1 fully saturated rings. The summed E-state index contributed by atoms with van der Waals surface area (Å²) in [6.45, 7) is 3.06. The predicted molar refractivity (Wildman–Crippen MR) is 161 cm³/mol. The number of anilines is 2. The maximum Gasteiger partial charge on any atom is 0.272 e. The van der Waals surface area contributed by atoms with Gasteiger partial charge in [-0.05, 0) is 88.2 Å². The van der Waals surface area contributed by atoms with Crippen LogP contribution in [0.15, 0.2) is 113 Å². The van der Waals surface area contributed by atoms with E-state index in [9.17, 15) is 9.59 Å². The molecule has 40 heavy (non-hydrogen) atoms. The van der Waals surface area contributed by atoms with Gasteiger partial charge in [0, 0.05) is 30.0 Å². The zero-order chi connectivity index (χ0) is 27.7. The Balaban J connectivity index is 1.34. The lowest BCUT2D eigenvalue weighted by atomic mass is 10.1. The van der Waals surface area contributed by atoms with Crippen LogP contribution in [0.3, 0.4) is 0 Å². The van der Waals surface area contributed by atoms with Crippen molar-refractivity contribution in [2.75, 3.05) is 36.5 Å². The van der Waals surface area contributed by atoms with Crippen LogP contribution in [0.2, 0.25) is 0 Å². The molecule has 0 aromatic heterocycles. The molecule has 1 aliphatic heterocycles. The molecule has 7 nitrogen and oxygen atoms in total. The maximum atomic E-state index is 13.4. The molecule has 0 unspecified atom stereocenters. The van der Waals surface area contributed by atoms with Gasteiger partial charge in [0.1, 0.15) is 17.2 Å². The molecular weight excluding hydrogens is 570 g/mol. The maximum absolute atomic E-state index is 13.4. The third kappa shape index (κ3) is 7.16. The number of rotatable bonds is 8. The second kappa shape index (κ2) is 13.1. The summed E-state index contributed by atoms with van der Waals surface area (Å²) in [6, 6.07) is 31.3. The van der Waals surface area contributed by atoms with Gasteiger partial charge < -0.3 is 25.0 Å². The molecule has 2 amide bonds. The van der Waals surface area contributed by atoms with Gasteiger partial charge in [-0.1, -0.05) is 42.5 Å². The summed E-state index contributed by atoms with van der Waals surface area (Å²) >= 11 is 3.48. The topological polar surface area (TPSA) is 79.9 Å². The smallest absolute Gasteiger partial charge is 0.272 e. The quantitative estimate of drug-likeness (QED) is 0.227. The minimum atomic E-state index is -0.433. The number of carbonyl (C=O) groups excluding carboxylic acids is 2. The third-order valence-corrected chi connectivity index (χ3v) is 6.94. The lowest BCUT2D eigenvalue weighted by Gasteiger charge is -2.28. The lowest BCUT2D eigenvalue weighted by Crippen LogP contribution is -2.36. The molecular formula is C32H28BrN3O4. The molecule has 1 saturated heterocycles. The Morgan fingerprint density at radius 2 is 1.50 bits per heavy atom. The summed E-state index contributed by atoms with van der Waals surface area (Å²) in [6.07, 6.45) is 1.64. The highest BCUT2D eigenvalue weighted by atomic mass is 79.9. The van der Waals surface area contributed by atoms with E-state index in [2.05, 4.69) is 31.5 Å². The van der Waals surface area contributed by atoms with Crippen molar-refractivity contribution >= 4 is 45.2 Å². The van der Waals surface area contributed by atoms with Crippen molar-refractivity contribution in [2.24, 2.45) is 0 Å². The van der Waals surface area contributed by atoms with E-state index in [1.54, 1.807) is 30.3 Å². The normalized spacial score (nSPS) is 13.4. The van der Waals surface area contributed by atoms with Crippen molar-refractivity contribution < 1.29 is 19.1 Å². The Labute approximate surface area is 241 Å². The average Bonchev–Trinajstić information content (AvgIpc) is 3.00. The molecule has 2 N–H and O–H groups in total. The molecule has 5 rings (SSSR count). The van der Waals surface area contributed by atoms with Gasteiger partial charge in [-0.15, -0.1) is 0 Å². The summed E-state index contributed by atoms with van der Waals surface area (Å²) < 4.78 is 12.2. The van der Waals surface area contributed by atoms with Crippen molar-refractivity contribution in [1.29, 1.82) is 0 Å². The standard InChI is InChI=1S/C32H28BrN3O4/c33-28-8-4-5-9-30(28)40-27-16-10-23(11-17-27)22-29(35-31(37)24-6-2-1-3-7-24)32(38)34-25-12-14-26(15-13-25)36-18-20-39-21-19-36/h1-17,22H,18-21H2,(H,34,38)(H,35,37). The molecule has 0 spiro atoms. The van der Waals surface area contributed by atoms with Crippen LogP contribution in [0.1, 0.15) is 15.9 Å². The van der Waals surface area contributed by atoms with Crippen LogP contribution in [0.4, 0.5) is 11.4 Å². The van der Waals surface area contributed by atoms with Crippen molar-refractivity contribution in [2.45, 2.75) is 0 Å². The molecule has 1 aliphatic rings. The van der Waals surface area contributed by atoms with Gasteiger partial charge >= 0.3 is 0 Å². The predicted octanol–water partition coefficient (Wildman–Crippen LogP) is 6.49. The number of hydrogen-bond acceptors (Lipinski definition) is 5. The summed E-state index contributed by atoms with van der Waals surface area (Å²) in [5.41, 5.74) is 2.98. The fourth-order valence-corrected chi connectivity index (χ4v) is 4.54. The zero-order valence-electron chi connectivity index (χ0n) is 21.7. The van der Waals surface area contributed by atoms with Crippen LogP contribution in [0.5, 0.6) is 11.5 Å². The third-order valence-electron chi connectivity index (χ3n) is 6.29. The van der Waals surface area contributed by atoms with E-state index in [1.165, 1.54) is 0 Å². The molecule has 202 valence electrons. The van der Waals surface area contributed by atoms with E-state index < -0.39 is 5.91 Å². The first kappa shape index (κ1) is 27.2. The van der Waals surface area contributed by atoms with Gasteiger partial charge in [-0.3, -0.25) is 9.59 Å². The van der Waals surface area contributed by atoms with E-state index in [0.29, 0.717) is 36.0 Å². The van der Waals surface area contributed by atoms with Crippen molar-refractivity contribution in [1.82, 2.24) is 5.32 Å². The van der Waals surface area contributed by atoms with Gasteiger partial charge in [-0.25, -0.2) is 0 Å². The summed E-state index contributed by atoms with van der Waals surface area (Å²) in [4.78, 5) is 28.5. The Kier molecular flexibility index (Phi) is 8.90. The molecule has 0 radical (unpaired) electrons. The summed E-state index contributed by atoms with van der Waals surface area (Å²) in [5.74, 6) is 0.528. The highest BCUT2D eigenvalue weighted by Crippen LogP contribution is 2.29. The van der Waals surface area contributed by atoms with Gasteiger partial charge in [0.25, 0.3) is 11.8 Å². The first-order valence-corrected chi connectivity index (χ1v) is 13.7. The van der Waals surface area contributed by atoms with Crippen LogP contribution in [-0.4, -0.2) is 38.1 Å². The highest BCUT2D eigenvalue weighted by Gasteiger charge is 2.16. The van der Waals surface area contributed by atoms with Crippen molar-refractivity contribution in [3.63, 3.8) is 0 Å². The zero-order valence-corrected chi connectivity index (χ0v) is 23.3. The summed E-state index contributed by atoms with van der Waals surface area (Å²) in [5, 5.41) is 5.68. The lowest BCUT2D eigenvalue weighted by molar-refractivity contribution is -0.113. The van der Waals surface area contributed by atoms with Gasteiger partial charge in [0.2, 0.25) is 0 Å². The van der Waals surface area contributed by atoms with Crippen molar-refractivity contribution in [3.8, 4) is 11.5 Å². The van der Waals surface area contributed by atoms with E-state index >= 15 is 0 Å². The highest BCUT2D eigenvalue weighted by molar-refractivity contribution is 9.10. The number of morpholine rings is 1. The molecule has 8 heteroatoms. The molecule has 0 saturated carbocycles. The van der Waals surface area contributed by atoms with E-state index in [1.807, 2.05) is 78.9 Å². The van der Waals surface area contributed by atoms with Gasteiger partial charge in [0.15, 0.2) is 0 Å². The second-order valence-corrected chi connectivity index (χ2v) is 9.93. The summed E-state index contributed by atoms with van der Waals surface area (Å²) in [7, 11) is 0. The van der Waals surface area contributed by atoms with Gasteiger partial charge in [0.05, 0.1) is 17.7 Å². The Morgan fingerprint density at radius 3 is 2.20 bits per heavy atom. The van der Waals surface area contributed by atoms with E-state index in [-0.39, 0.29) is 11.6 Å². The second-order valence-electron chi connectivity index (χ2n) is 9.08. The molecule has 0 atom stereocenters. The van der Waals surface area contributed by atoms with Crippen LogP contribution >= 0.6 is 15.9 Å². The molecule has 0 aliphatic carbocycles. The number of halogens is 1. The molecule has 4 aromatic carbocycles. The molecule has 4 aromatic rings. The monoisotopic (exact) mass is 597 g/mol. The minimum absolute atomic E-state index is 0.116. The largest absolute Gasteiger partial charge is 0.456 e. The number of ether oxygens (including phenoxy) is 2. The van der Waals surface area contributed by atoms with Crippen LogP contribution in [-0.2, 0) is 9.53 Å². The van der Waals surface area contributed by atoms with E-state index in [4.69, 9.17) is 9.47 Å². The van der Waals surface area contributed by atoms with Crippen LogP contribution in [0.25, 0.3) is 6.08 Å². The number of amides is 2. The number of nitrogens with one attached hydrogen (secondary N) is 2. The average molecular weight is 598 g/mol. The van der Waals surface area contributed by atoms with Crippen LogP contribution in [0, 0.1) is 0 Å². The Bertz CT molecular complexity index is 1480. The van der Waals surface area contributed by atoms with Crippen molar-refractivity contribution in [3.05, 3.63) is 124 Å².